The Morgan fingerprint density at radius 2 is 1.81 bits per heavy atom. The van der Waals surface area contributed by atoms with Crippen molar-refractivity contribution in [3.05, 3.63) is 37.0 Å². The van der Waals surface area contributed by atoms with Gasteiger partial charge >= 0.3 is 0 Å². The topological polar surface area (TPSA) is 0 Å². The van der Waals surface area contributed by atoms with Crippen LogP contribution in [0, 0.1) is 23.7 Å². The molecule has 2 aliphatic rings. The molecule has 1 fully saturated rings. The lowest BCUT2D eigenvalue weighted by Gasteiger charge is -2.34. The van der Waals surface area contributed by atoms with Crippen molar-refractivity contribution in [3.63, 3.8) is 0 Å². The van der Waals surface area contributed by atoms with Crippen molar-refractivity contribution in [3.8, 4) is 0 Å². The van der Waals surface area contributed by atoms with E-state index in [1.165, 1.54) is 57.8 Å². The fourth-order valence-corrected chi connectivity index (χ4v) is 4.17. The Hall–Kier alpha value is -0.780. The van der Waals surface area contributed by atoms with Crippen LogP contribution in [-0.4, -0.2) is 0 Å². The maximum absolute atomic E-state index is 3.78. The van der Waals surface area contributed by atoms with E-state index in [1.807, 2.05) is 6.08 Å². The Morgan fingerprint density at radius 3 is 2.43 bits per heavy atom. The van der Waals surface area contributed by atoms with Crippen molar-refractivity contribution in [2.75, 3.05) is 0 Å². The van der Waals surface area contributed by atoms with E-state index in [1.54, 1.807) is 0 Å². The summed E-state index contributed by atoms with van der Waals surface area (Å²) in [5, 5.41) is 0. The maximum atomic E-state index is 3.78. The molecule has 0 spiro atoms. The van der Waals surface area contributed by atoms with Gasteiger partial charge in [0, 0.05) is 0 Å². The van der Waals surface area contributed by atoms with Crippen LogP contribution < -0.4 is 0 Å². The molecule has 0 aromatic heterocycles. The van der Waals surface area contributed by atoms with Crippen LogP contribution in [0.5, 0.6) is 0 Å². The summed E-state index contributed by atoms with van der Waals surface area (Å²) in [7, 11) is 0. The van der Waals surface area contributed by atoms with Crippen LogP contribution in [-0.2, 0) is 0 Å². The number of hydrogen-bond acceptors (Lipinski definition) is 0. The highest BCUT2D eigenvalue weighted by molar-refractivity contribution is 5.01. The molecular formula is C21H34. The van der Waals surface area contributed by atoms with E-state index in [-0.39, 0.29) is 0 Å². The highest BCUT2D eigenvalue weighted by atomic mass is 14.3. The Kier molecular flexibility index (Phi) is 7.33. The third kappa shape index (κ3) is 5.49. The first-order valence-corrected chi connectivity index (χ1v) is 9.29. The van der Waals surface area contributed by atoms with Gasteiger partial charge in [-0.2, -0.15) is 0 Å². The predicted molar refractivity (Wildman–Crippen MR) is 94.3 cm³/mol. The average molecular weight is 287 g/mol. The molecule has 0 aliphatic heterocycles. The van der Waals surface area contributed by atoms with Crippen molar-refractivity contribution >= 4 is 0 Å². The standard InChI is InChI=1S/C21H34/c1-3-5-6-7-9-19-12-16-21(17-13-19)20-14-10-18(8-4-2)11-15-20/h3,7,9-10,14,18-21H,1,4-6,8,11-13,15-17H2,2H3/b9-7+. The molecule has 0 heterocycles. The molecule has 21 heavy (non-hydrogen) atoms. The van der Waals surface area contributed by atoms with Crippen LogP contribution in [0.15, 0.2) is 37.0 Å². The van der Waals surface area contributed by atoms with E-state index in [0.717, 1.165) is 30.1 Å². The number of allylic oxidation sites excluding steroid dienone is 5. The van der Waals surface area contributed by atoms with E-state index < -0.39 is 0 Å². The number of hydrogen-bond donors (Lipinski definition) is 0. The van der Waals surface area contributed by atoms with Crippen molar-refractivity contribution in [2.24, 2.45) is 23.7 Å². The minimum absolute atomic E-state index is 0.853. The van der Waals surface area contributed by atoms with Crippen molar-refractivity contribution in [1.29, 1.82) is 0 Å². The Bertz CT molecular complexity index is 341. The molecule has 0 aromatic rings. The first-order valence-electron chi connectivity index (χ1n) is 9.29. The molecule has 2 aliphatic carbocycles. The summed E-state index contributed by atoms with van der Waals surface area (Å²) in [6.07, 6.45) is 25.6. The third-order valence-electron chi connectivity index (χ3n) is 5.53. The van der Waals surface area contributed by atoms with Gasteiger partial charge in [0.2, 0.25) is 0 Å². The number of rotatable bonds is 7. The van der Waals surface area contributed by atoms with E-state index >= 15 is 0 Å². The summed E-state index contributed by atoms with van der Waals surface area (Å²) in [4.78, 5) is 0. The molecular weight excluding hydrogens is 252 g/mol. The van der Waals surface area contributed by atoms with Gasteiger partial charge in [-0.15, -0.1) is 6.58 Å². The molecule has 0 N–H and O–H groups in total. The zero-order valence-corrected chi connectivity index (χ0v) is 14.0. The van der Waals surface area contributed by atoms with Gasteiger partial charge in [0.25, 0.3) is 0 Å². The molecule has 118 valence electrons. The molecule has 0 aromatic carbocycles. The van der Waals surface area contributed by atoms with Crippen molar-refractivity contribution in [2.45, 2.75) is 71.1 Å². The van der Waals surface area contributed by atoms with Gasteiger partial charge in [-0.3, -0.25) is 0 Å². The van der Waals surface area contributed by atoms with Crippen molar-refractivity contribution in [1.82, 2.24) is 0 Å². The summed E-state index contributed by atoms with van der Waals surface area (Å²) in [5.74, 6) is 3.60. The molecule has 0 saturated heterocycles. The molecule has 2 rings (SSSR count). The lowest BCUT2D eigenvalue weighted by molar-refractivity contribution is 0.230. The van der Waals surface area contributed by atoms with Crippen LogP contribution >= 0.6 is 0 Å². The van der Waals surface area contributed by atoms with Crippen LogP contribution in [0.3, 0.4) is 0 Å². The highest BCUT2D eigenvalue weighted by Gasteiger charge is 2.27. The van der Waals surface area contributed by atoms with E-state index in [4.69, 9.17) is 0 Å². The Labute approximate surface area is 132 Å². The predicted octanol–water partition coefficient (Wildman–Crippen LogP) is 6.70. The van der Waals surface area contributed by atoms with Crippen LogP contribution in [0.1, 0.15) is 71.1 Å². The first kappa shape index (κ1) is 16.6. The first-order chi connectivity index (χ1) is 10.3. The fraction of sp³-hybridized carbons (Fsp3) is 0.714. The zero-order chi connectivity index (χ0) is 14.9. The number of unbranched alkanes of at least 4 members (excludes halogenated alkanes) is 1. The van der Waals surface area contributed by atoms with Gasteiger partial charge in [0.15, 0.2) is 0 Å². The second kappa shape index (κ2) is 9.28. The maximum Gasteiger partial charge on any atom is -0.0205 e. The molecule has 0 nitrogen and oxygen atoms in total. The van der Waals surface area contributed by atoms with E-state index in [9.17, 15) is 0 Å². The molecule has 0 amide bonds. The summed E-state index contributed by atoms with van der Waals surface area (Å²) >= 11 is 0. The zero-order valence-electron chi connectivity index (χ0n) is 14.0. The molecule has 2 atom stereocenters. The summed E-state index contributed by atoms with van der Waals surface area (Å²) in [5.41, 5.74) is 0. The van der Waals surface area contributed by atoms with E-state index in [0.29, 0.717) is 0 Å². The van der Waals surface area contributed by atoms with E-state index in [2.05, 4.69) is 37.8 Å². The highest BCUT2D eigenvalue weighted by Crippen LogP contribution is 2.39. The minimum atomic E-state index is 0.853. The molecule has 0 heteroatoms. The minimum Gasteiger partial charge on any atom is -0.103 e. The SMILES string of the molecule is C=CCC/C=C/C1CCC(C2C=CC(CCC)CC2)CC1. The van der Waals surface area contributed by atoms with Gasteiger partial charge in [0.05, 0.1) is 0 Å². The molecule has 0 bridgehead atoms. The van der Waals surface area contributed by atoms with Crippen LogP contribution in [0.2, 0.25) is 0 Å². The monoisotopic (exact) mass is 286 g/mol. The molecule has 2 unspecified atom stereocenters. The lowest BCUT2D eigenvalue weighted by Crippen LogP contribution is -2.22. The van der Waals surface area contributed by atoms with Gasteiger partial charge in [0.1, 0.15) is 0 Å². The largest absolute Gasteiger partial charge is 0.103 e. The fourth-order valence-electron chi connectivity index (χ4n) is 4.17. The quantitative estimate of drug-likeness (QED) is 0.361. The lowest BCUT2D eigenvalue weighted by atomic mass is 9.71. The summed E-state index contributed by atoms with van der Waals surface area (Å²) in [6, 6.07) is 0. The van der Waals surface area contributed by atoms with Gasteiger partial charge in [-0.1, -0.05) is 43.7 Å². The summed E-state index contributed by atoms with van der Waals surface area (Å²) < 4.78 is 0. The van der Waals surface area contributed by atoms with Crippen LogP contribution in [0.25, 0.3) is 0 Å². The Morgan fingerprint density at radius 1 is 1.00 bits per heavy atom. The molecule has 0 radical (unpaired) electrons. The van der Waals surface area contributed by atoms with Gasteiger partial charge in [-0.05, 0) is 81.5 Å². The second-order valence-electron chi connectivity index (χ2n) is 7.14. The smallest absolute Gasteiger partial charge is 0.0205 e. The Balaban J connectivity index is 1.70. The normalized spacial score (nSPS) is 33.4. The van der Waals surface area contributed by atoms with Crippen molar-refractivity contribution < 1.29 is 0 Å². The molecule has 1 saturated carbocycles. The average Bonchev–Trinajstić information content (AvgIpc) is 2.53. The second-order valence-corrected chi connectivity index (χ2v) is 7.14. The summed E-state index contributed by atoms with van der Waals surface area (Å²) in [6.45, 7) is 6.09. The van der Waals surface area contributed by atoms with Gasteiger partial charge in [-0.25, -0.2) is 0 Å². The van der Waals surface area contributed by atoms with Crippen LogP contribution in [0.4, 0.5) is 0 Å². The third-order valence-corrected chi connectivity index (χ3v) is 5.53. The van der Waals surface area contributed by atoms with Gasteiger partial charge < -0.3 is 0 Å².